The fourth-order valence-corrected chi connectivity index (χ4v) is 3.64. The lowest BCUT2D eigenvalue weighted by molar-refractivity contribution is -0.142. The Labute approximate surface area is 181 Å². The lowest BCUT2D eigenvalue weighted by atomic mass is 10.1. The third-order valence-electron chi connectivity index (χ3n) is 6.13. The van der Waals surface area contributed by atoms with Crippen molar-refractivity contribution in [2.24, 2.45) is 0 Å². The predicted octanol–water partition coefficient (Wildman–Crippen LogP) is 4.62. The molecule has 1 aromatic heterocycles. The molecule has 30 heavy (non-hydrogen) atoms. The average Bonchev–Trinajstić information content (AvgIpc) is 3.17. The van der Waals surface area contributed by atoms with Gasteiger partial charge in [-0.25, -0.2) is 0 Å². The van der Waals surface area contributed by atoms with Gasteiger partial charge in [-0.15, -0.1) is 0 Å². The van der Waals surface area contributed by atoms with Crippen molar-refractivity contribution in [3.63, 3.8) is 0 Å². The van der Waals surface area contributed by atoms with Crippen LogP contribution >= 0.6 is 0 Å². The van der Waals surface area contributed by atoms with Crippen LogP contribution in [0.2, 0.25) is 0 Å². The van der Waals surface area contributed by atoms with Crippen LogP contribution in [-0.2, 0) is 22.7 Å². The van der Waals surface area contributed by atoms with Crippen molar-refractivity contribution in [3.8, 4) is 0 Å². The zero-order valence-corrected chi connectivity index (χ0v) is 19.4. The van der Waals surface area contributed by atoms with Gasteiger partial charge in [0, 0.05) is 37.4 Å². The molecule has 2 aromatic rings. The number of hydrogen-bond donors (Lipinski definition) is 0. The molecule has 2 atom stereocenters. The minimum atomic E-state index is -0.0512. The van der Waals surface area contributed by atoms with Gasteiger partial charge in [-0.05, 0) is 56.9 Å². The Hall–Kier alpha value is -2.56. The van der Waals surface area contributed by atoms with E-state index in [4.69, 9.17) is 0 Å². The number of rotatable bonds is 10. The topological polar surface area (TPSA) is 45.6 Å². The summed E-state index contributed by atoms with van der Waals surface area (Å²) in [6, 6.07) is 12.7. The van der Waals surface area contributed by atoms with Gasteiger partial charge in [0.1, 0.15) is 0 Å². The minimum Gasteiger partial charge on any atom is -0.345 e. The number of carbonyl (C=O) groups is 2. The molecule has 0 spiro atoms. The number of aryl methyl sites for hydroxylation is 1. The minimum absolute atomic E-state index is 0.00323. The van der Waals surface area contributed by atoms with Crippen LogP contribution in [0.4, 0.5) is 0 Å². The Morgan fingerprint density at radius 1 is 0.967 bits per heavy atom. The molecule has 0 N–H and O–H groups in total. The van der Waals surface area contributed by atoms with E-state index in [-0.39, 0.29) is 30.4 Å². The van der Waals surface area contributed by atoms with Crippen molar-refractivity contribution in [1.29, 1.82) is 0 Å². The van der Waals surface area contributed by atoms with Crippen LogP contribution in [0, 0.1) is 6.92 Å². The maximum atomic E-state index is 13.3. The monoisotopic (exact) mass is 411 g/mol. The van der Waals surface area contributed by atoms with Crippen LogP contribution in [0.5, 0.6) is 0 Å². The summed E-state index contributed by atoms with van der Waals surface area (Å²) in [6.07, 6.45) is 3.77. The third kappa shape index (κ3) is 5.97. The maximum absolute atomic E-state index is 13.3. The van der Waals surface area contributed by atoms with E-state index >= 15 is 0 Å². The summed E-state index contributed by atoms with van der Waals surface area (Å²) in [5.41, 5.74) is 3.64. The maximum Gasteiger partial charge on any atom is 0.242 e. The normalized spacial score (nSPS) is 13.0. The molecule has 2 amide bonds. The first kappa shape index (κ1) is 23.7. The lowest BCUT2D eigenvalue weighted by Crippen LogP contribution is -2.48. The summed E-state index contributed by atoms with van der Waals surface area (Å²) in [4.78, 5) is 29.0. The Bertz CT molecular complexity index is 842. The number of aromatic nitrogens is 1. The van der Waals surface area contributed by atoms with Gasteiger partial charge in [-0.3, -0.25) is 9.59 Å². The third-order valence-corrected chi connectivity index (χ3v) is 6.13. The molecule has 5 nitrogen and oxygen atoms in total. The van der Waals surface area contributed by atoms with E-state index in [9.17, 15) is 9.59 Å². The van der Waals surface area contributed by atoms with Gasteiger partial charge in [0.25, 0.3) is 0 Å². The van der Waals surface area contributed by atoms with Crippen molar-refractivity contribution in [1.82, 2.24) is 14.4 Å². The summed E-state index contributed by atoms with van der Waals surface area (Å²) in [7, 11) is 0. The van der Waals surface area contributed by atoms with E-state index in [1.807, 2.05) is 24.8 Å². The van der Waals surface area contributed by atoms with Gasteiger partial charge >= 0.3 is 0 Å². The van der Waals surface area contributed by atoms with Crippen LogP contribution in [0.15, 0.2) is 42.6 Å². The van der Waals surface area contributed by atoms with Gasteiger partial charge in [0.2, 0.25) is 11.8 Å². The van der Waals surface area contributed by atoms with Crippen LogP contribution in [0.1, 0.15) is 64.3 Å². The molecule has 0 aliphatic heterocycles. The molecule has 0 aliphatic carbocycles. The lowest BCUT2D eigenvalue weighted by Gasteiger charge is -2.33. The number of nitrogens with zero attached hydrogens (tertiary/aromatic N) is 3. The van der Waals surface area contributed by atoms with Crippen molar-refractivity contribution in [3.05, 3.63) is 59.4 Å². The fourth-order valence-electron chi connectivity index (χ4n) is 3.64. The number of hydrogen-bond acceptors (Lipinski definition) is 2. The van der Waals surface area contributed by atoms with Gasteiger partial charge in [0.15, 0.2) is 0 Å². The van der Waals surface area contributed by atoms with Crippen LogP contribution < -0.4 is 0 Å². The second-order valence-corrected chi connectivity index (χ2v) is 8.24. The van der Waals surface area contributed by atoms with Crippen molar-refractivity contribution < 1.29 is 9.59 Å². The standard InChI is InChI=1S/C25H37N3O2/c1-7-20(4)27(22(6)29)18-25(30)28(21(5)8-2)17-24-14-11-15-26(24)16-23-13-10-9-12-19(23)3/h9-15,20-21H,7-8,16-18H2,1-6H3/t20-,21+/m0/s1. The van der Waals surface area contributed by atoms with E-state index in [0.717, 1.165) is 25.1 Å². The van der Waals surface area contributed by atoms with E-state index in [0.29, 0.717) is 6.54 Å². The summed E-state index contributed by atoms with van der Waals surface area (Å²) >= 11 is 0. The van der Waals surface area contributed by atoms with E-state index in [1.165, 1.54) is 11.1 Å². The van der Waals surface area contributed by atoms with Crippen LogP contribution in [0.3, 0.4) is 0 Å². The SMILES string of the molecule is CC[C@@H](C)N(Cc1cccn1Cc1ccccc1C)C(=O)CN(C(C)=O)[C@@H](C)CC. The van der Waals surface area contributed by atoms with Gasteiger partial charge in [0.05, 0.1) is 13.1 Å². The highest BCUT2D eigenvalue weighted by Crippen LogP contribution is 2.17. The fraction of sp³-hybridized carbons (Fsp3) is 0.520. The molecule has 0 bridgehead atoms. The summed E-state index contributed by atoms with van der Waals surface area (Å²) < 4.78 is 2.21. The molecule has 164 valence electrons. The van der Waals surface area contributed by atoms with Crippen LogP contribution in [-0.4, -0.2) is 44.8 Å². The first-order valence-corrected chi connectivity index (χ1v) is 11.0. The zero-order chi connectivity index (χ0) is 22.3. The number of amides is 2. The summed E-state index contributed by atoms with van der Waals surface area (Å²) in [6.45, 7) is 13.3. The summed E-state index contributed by atoms with van der Waals surface area (Å²) in [5.74, 6) is -0.0479. The molecule has 5 heteroatoms. The molecule has 0 radical (unpaired) electrons. The van der Waals surface area contributed by atoms with Crippen molar-refractivity contribution >= 4 is 11.8 Å². The second-order valence-electron chi connectivity index (χ2n) is 8.24. The highest BCUT2D eigenvalue weighted by Gasteiger charge is 2.25. The molecule has 0 saturated carbocycles. The van der Waals surface area contributed by atoms with Gasteiger partial charge in [-0.1, -0.05) is 38.1 Å². The number of benzene rings is 1. The Morgan fingerprint density at radius 2 is 1.60 bits per heavy atom. The molecule has 0 aliphatic rings. The van der Waals surface area contributed by atoms with Crippen molar-refractivity contribution in [2.75, 3.05) is 6.54 Å². The van der Waals surface area contributed by atoms with Crippen LogP contribution in [0.25, 0.3) is 0 Å². The first-order chi connectivity index (χ1) is 14.3. The predicted molar refractivity (Wildman–Crippen MR) is 122 cm³/mol. The van der Waals surface area contributed by atoms with Crippen molar-refractivity contribution in [2.45, 2.75) is 79.6 Å². The highest BCUT2D eigenvalue weighted by molar-refractivity contribution is 5.84. The molecule has 1 aromatic carbocycles. The van der Waals surface area contributed by atoms with E-state index in [1.54, 1.807) is 11.8 Å². The smallest absolute Gasteiger partial charge is 0.242 e. The molecule has 0 saturated heterocycles. The Kier molecular flexibility index (Phi) is 8.70. The molecule has 0 unspecified atom stereocenters. The first-order valence-electron chi connectivity index (χ1n) is 11.0. The average molecular weight is 412 g/mol. The Morgan fingerprint density at radius 3 is 2.20 bits per heavy atom. The molecule has 0 fully saturated rings. The quantitative estimate of drug-likeness (QED) is 0.573. The number of carbonyl (C=O) groups excluding carboxylic acids is 2. The Balaban J connectivity index is 2.21. The molecule has 2 rings (SSSR count). The van der Waals surface area contributed by atoms with Gasteiger partial charge < -0.3 is 14.4 Å². The molecular weight excluding hydrogens is 374 g/mol. The highest BCUT2D eigenvalue weighted by atomic mass is 16.2. The van der Waals surface area contributed by atoms with E-state index < -0.39 is 0 Å². The molecule has 1 heterocycles. The van der Waals surface area contributed by atoms with E-state index in [2.05, 4.69) is 61.9 Å². The van der Waals surface area contributed by atoms with Gasteiger partial charge in [-0.2, -0.15) is 0 Å². The largest absolute Gasteiger partial charge is 0.345 e. The summed E-state index contributed by atoms with van der Waals surface area (Å²) in [5, 5.41) is 0. The second kappa shape index (κ2) is 11.0. The molecular formula is C25H37N3O2. The zero-order valence-electron chi connectivity index (χ0n) is 19.4.